The average molecular weight is 208 g/mol. The van der Waals surface area contributed by atoms with Gasteiger partial charge in [0.25, 0.3) is 0 Å². The van der Waals surface area contributed by atoms with E-state index >= 15 is 0 Å². The van der Waals surface area contributed by atoms with Crippen molar-refractivity contribution in [3.8, 4) is 0 Å². The molecule has 0 radical (unpaired) electrons. The zero-order chi connectivity index (χ0) is 8.81. The SMILES string of the molecule is Cl.NCCC1CCCC(CCN)N1. The fourth-order valence-corrected chi connectivity index (χ4v) is 1.97. The Kier molecular flexibility index (Phi) is 7.66. The second-order valence-corrected chi connectivity index (χ2v) is 3.65. The summed E-state index contributed by atoms with van der Waals surface area (Å²) in [7, 11) is 0. The number of nitrogens with two attached hydrogens (primary N) is 2. The molecule has 0 aliphatic carbocycles. The lowest BCUT2D eigenvalue weighted by atomic mass is 9.95. The van der Waals surface area contributed by atoms with E-state index in [2.05, 4.69) is 5.32 Å². The molecule has 0 aromatic heterocycles. The van der Waals surface area contributed by atoms with Crippen LogP contribution in [0.15, 0.2) is 0 Å². The summed E-state index contributed by atoms with van der Waals surface area (Å²) in [5.74, 6) is 0. The minimum absolute atomic E-state index is 0. The molecule has 1 aliphatic heterocycles. The van der Waals surface area contributed by atoms with Crippen LogP contribution < -0.4 is 16.8 Å². The minimum Gasteiger partial charge on any atom is -0.330 e. The Bertz CT molecular complexity index is 105. The predicted octanol–water partition coefficient (Wildman–Crippen LogP) is 0.617. The molecule has 2 unspecified atom stereocenters. The van der Waals surface area contributed by atoms with Gasteiger partial charge in [-0.15, -0.1) is 12.4 Å². The molecule has 1 aliphatic rings. The smallest absolute Gasteiger partial charge is 0.00816 e. The van der Waals surface area contributed by atoms with Gasteiger partial charge in [0, 0.05) is 12.1 Å². The van der Waals surface area contributed by atoms with E-state index in [1.54, 1.807) is 0 Å². The van der Waals surface area contributed by atoms with Crippen molar-refractivity contribution >= 4 is 12.4 Å². The maximum Gasteiger partial charge on any atom is 0.00816 e. The van der Waals surface area contributed by atoms with Gasteiger partial charge in [0.1, 0.15) is 0 Å². The van der Waals surface area contributed by atoms with Crippen LogP contribution in [0.4, 0.5) is 0 Å². The number of hydrogen-bond acceptors (Lipinski definition) is 3. The molecular weight excluding hydrogens is 186 g/mol. The maximum atomic E-state index is 5.51. The van der Waals surface area contributed by atoms with Crippen LogP contribution in [-0.2, 0) is 0 Å². The molecule has 2 atom stereocenters. The molecular formula is C9H22ClN3. The van der Waals surface area contributed by atoms with Crippen molar-refractivity contribution in [2.24, 2.45) is 11.5 Å². The number of nitrogens with one attached hydrogen (secondary N) is 1. The van der Waals surface area contributed by atoms with Crippen LogP contribution in [0.1, 0.15) is 32.1 Å². The molecule has 1 rings (SSSR count). The van der Waals surface area contributed by atoms with E-state index in [0.29, 0.717) is 12.1 Å². The van der Waals surface area contributed by atoms with Gasteiger partial charge in [-0.05, 0) is 38.8 Å². The van der Waals surface area contributed by atoms with Crippen LogP contribution in [0, 0.1) is 0 Å². The van der Waals surface area contributed by atoms with Crippen LogP contribution >= 0.6 is 12.4 Å². The van der Waals surface area contributed by atoms with Gasteiger partial charge in [-0.1, -0.05) is 6.42 Å². The Morgan fingerprint density at radius 3 is 1.85 bits per heavy atom. The molecule has 1 heterocycles. The largest absolute Gasteiger partial charge is 0.330 e. The maximum absolute atomic E-state index is 5.51. The first-order valence-electron chi connectivity index (χ1n) is 5.03. The van der Waals surface area contributed by atoms with E-state index < -0.39 is 0 Å². The summed E-state index contributed by atoms with van der Waals surface area (Å²) in [6.45, 7) is 1.60. The first-order chi connectivity index (χ1) is 5.86. The Morgan fingerprint density at radius 2 is 1.46 bits per heavy atom. The monoisotopic (exact) mass is 207 g/mol. The van der Waals surface area contributed by atoms with Crippen molar-refractivity contribution in [1.82, 2.24) is 5.32 Å². The first kappa shape index (κ1) is 13.2. The van der Waals surface area contributed by atoms with Gasteiger partial charge >= 0.3 is 0 Å². The van der Waals surface area contributed by atoms with Gasteiger partial charge in [-0.3, -0.25) is 0 Å². The zero-order valence-electron chi connectivity index (χ0n) is 8.17. The summed E-state index contributed by atoms with van der Waals surface area (Å²) in [5.41, 5.74) is 11.0. The average Bonchev–Trinajstić information content (AvgIpc) is 2.06. The second kappa shape index (κ2) is 7.56. The number of halogens is 1. The quantitative estimate of drug-likeness (QED) is 0.633. The molecule has 0 aromatic rings. The summed E-state index contributed by atoms with van der Waals surface area (Å²) < 4.78 is 0. The lowest BCUT2D eigenvalue weighted by Gasteiger charge is -2.30. The summed E-state index contributed by atoms with van der Waals surface area (Å²) in [6.07, 6.45) is 6.14. The molecule has 4 heteroatoms. The first-order valence-corrected chi connectivity index (χ1v) is 5.03. The van der Waals surface area contributed by atoms with Gasteiger partial charge in [0.05, 0.1) is 0 Å². The molecule has 5 N–H and O–H groups in total. The van der Waals surface area contributed by atoms with E-state index in [9.17, 15) is 0 Å². The fraction of sp³-hybridized carbons (Fsp3) is 1.00. The molecule has 0 bridgehead atoms. The number of rotatable bonds is 4. The molecule has 80 valence electrons. The third-order valence-electron chi connectivity index (χ3n) is 2.61. The molecule has 0 spiro atoms. The normalized spacial score (nSPS) is 28.2. The highest BCUT2D eigenvalue weighted by Crippen LogP contribution is 2.15. The van der Waals surface area contributed by atoms with Gasteiger partial charge in [-0.2, -0.15) is 0 Å². The number of hydrogen-bond donors (Lipinski definition) is 3. The molecule has 0 aromatic carbocycles. The van der Waals surface area contributed by atoms with Crippen LogP contribution in [0.5, 0.6) is 0 Å². The minimum atomic E-state index is 0. The fourth-order valence-electron chi connectivity index (χ4n) is 1.97. The Labute approximate surface area is 87.0 Å². The number of piperidine rings is 1. The highest BCUT2D eigenvalue weighted by molar-refractivity contribution is 5.85. The van der Waals surface area contributed by atoms with Gasteiger partial charge < -0.3 is 16.8 Å². The summed E-state index contributed by atoms with van der Waals surface area (Å²) >= 11 is 0. The predicted molar refractivity (Wildman–Crippen MR) is 59.2 cm³/mol. The molecule has 1 saturated heterocycles. The lowest BCUT2D eigenvalue weighted by Crippen LogP contribution is -2.44. The summed E-state index contributed by atoms with van der Waals surface area (Å²) in [4.78, 5) is 0. The molecule has 13 heavy (non-hydrogen) atoms. The Hall–Kier alpha value is 0.170. The van der Waals surface area contributed by atoms with Gasteiger partial charge in [0.15, 0.2) is 0 Å². The summed E-state index contributed by atoms with van der Waals surface area (Å²) in [5, 5.41) is 3.60. The highest BCUT2D eigenvalue weighted by atomic mass is 35.5. The Balaban J connectivity index is 0.00000144. The lowest BCUT2D eigenvalue weighted by molar-refractivity contribution is 0.301. The van der Waals surface area contributed by atoms with Crippen molar-refractivity contribution in [3.63, 3.8) is 0 Å². The third kappa shape index (κ3) is 4.81. The van der Waals surface area contributed by atoms with E-state index in [4.69, 9.17) is 11.5 Å². The van der Waals surface area contributed by atoms with E-state index in [0.717, 1.165) is 25.9 Å². The van der Waals surface area contributed by atoms with E-state index in [1.807, 2.05) is 0 Å². The summed E-state index contributed by atoms with van der Waals surface area (Å²) in [6, 6.07) is 1.31. The molecule has 1 fully saturated rings. The van der Waals surface area contributed by atoms with E-state index in [-0.39, 0.29) is 12.4 Å². The van der Waals surface area contributed by atoms with Crippen LogP contribution in [0.25, 0.3) is 0 Å². The van der Waals surface area contributed by atoms with Crippen LogP contribution in [0.3, 0.4) is 0 Å². The van der Waals surface area contributed by atoms with Gasteiger partial charge in [0.2, 0.25) is 0 Å². The molecule has 0 saturated carbocycles. The van der Waals surface area contributed by atoms with Crippen molar-refractivity contribution in [3.05, 3.63) is 0 Å². The van der Waals surface area contributed by atoms with Crippen LogP contribution in [-0.4, -0.2) is 25.2 Å². The topological polar surface area (TPSA) is 64.1 Å². The standard InChI is InChI=1S/C9H21N3.ClH/c10-6-4-8-2-1-3-9(12-8)5-7-11;/h8-9,12H,1-7,10-11H2;1H. The van der Waals surface area contributed by atoms with Crippen molar-refractivity contribution in [2.75, 3.05) is 13.1 Å². The van der Waals surface area contributed by atoms with Crippen molar-refractivity contribution in [1.29, 1.82) is 0 Å². The zero-order valence-corrected chi connectivity index (χ0v) is 8.98. The third-order valence-corrected chi connectivity index (χ3v) is 2.61. The van der Waals surface area contributed by atoms with Crippen molar-refractivity contribution < 1.29 is 0 Å². The van der Waals surface area contributed by atoms with Gasteiger partial charge in [-0.25, -0.2) is 0 Å². The van der Waals surface area contributed by atoms with E-state index in [1.165, 1.54) is 19.3 Å². The highest BCUT2D eigenvalue weighted by Gasteiger charge is 2.18. The molecule has 0 amide bonds. The van der Waals surface area contributed by atoms with Crippen molar-refractivity contribution in [2.45, 2.75) is 44.2 Å². The van der Waals surface area contributed by atoms with Crippen LogP contribution in [0.2, 0.25) is 0 Å². The second-order valence-electron chi connectivity index (χ2n) is 3.65. The Morgan fingerprint density at radius 1 is 1.00 bits per heavy atom. The molecule has 3 nitrogen and oxygen atoms in total.